The fourth-order valence-electron chi connectivity index (χ4n) is 3.23. The number of halogens is 3. The van der Waals surface area contributed by atoms with Gasteiger partial charge in [0.25, 0.3) is 0 Å². The number of rotatable bonds is 10. The molecule has 0 atom stereocenters. The van der Waals surface area contributed by atoms with Crippen LogP contribution in [0.25, 0.3) is 22.4 Å². The van der Waals surface area contributed by atoms with Gasteiger partial charge in [0.15, 0.2) is 0 Å². The molecule has 10 heteroatoms. The summed E-state index contributed by atoms with van der Waals surface area (Å²) in [6.07, 6.45) is -0.997. The zero-order chi connectivity index (χ0) is 25.1. The molecule has 3 aromatic rings. The average Bonchev–Trinajstić information content (AvgIpc) is 2.87. The van der Waals surface area contributed by atoms with E-state index in [0.717, 1.165) is 35.2 Å². The average molecular weight is 487 g/mol. The highest BCUT2D eigenvalue weighted by Gasteiger charge is 2.43. The molecular weight excluding hydrogens is 463 g/mol. The molecule has 0 spiro atoms. The zero-order valence-corrected chi connectivity index (χ0v) is 18.8. The topological polar surface area (TPSA) is 90.4 Å². The Bertz CT molecular complexity index is 1110. The third kappa shape index (κ3) is 8.09. The third-order valence-corrected chi connectivity index (χ3v) is 4.95. The lowest BCUT2D eigenvalue weighted by atomic mass is 10.0. The maximum absolute atomic E-state index is 12.0. The summed E-state index contributed by atoms with van der Waals surface area (Å²) < 4.78 is 35.9. The van der Waals surface area contributed by atoms with Gasteiger partial charge in [-0.3, -0.25) is 0 Å². The summed E-state index contributed by atoms with van der Waals surface area (Å²) in [5.41, 5.74) is 3.74. The number of aromatic nitrogens is 2. The van der Waals surface area contributed by atoms with E-state index in [1.165, 1.54) is 0 Å². The van der Waals surface area contributed by atoms with Gasteiger partial charge in [-0.2, -0.15) is 13.2 Å². The van der Waals surface area contributed by atoms with Crippen molar-refractivity contribution in [2.24, 2.45) is 0 Å². The van der Waals surface area contributed by atoms with Crippen LogP contribution in [0.15, 0.2) is 66.9 Å². The molecule has 0 amide bonds. The van der Waals surface area contributed by atoms with Gasteiger partial charge in [0.05, 0.1) is 12.1 Å². The van der Waals surface area contributed by atoms with Gasteiger partial charge in [-0.1, -0.05) is 73.5 Å². The van der Waals surface area contributed by atoms with Crippen LogP contribution < -0.4 is 5.32 Å². The van der Waals surface area contributed by atoms with Crippen molar-refractivity contribution in [2.45, 2.75) is 38.3 Å². The molecular formula is C25H24F3N3O4. The Morgan fingerprint density at radius 1 is 0.829 bits per heavy atom. The molecule has 3 rings (SSSR count). The van der Waals surface area contributed by atoms with Crippen LogP contribution in [0.2, 0.25) is 0 Å². The molecule has 0 saturated carbocycles. The highest BCUT2D eigenvalue weighted by atomic mass is 19.4. The lowest BCUT2D eigenvalue weighted by Gasteiger charge is -2.12. The van der Waals surface area contributed by atoms with E-state index in [2.05, 4.69) is 20.1 Å². The predicted octanol–water partition coefficient (Wildman–Crippen LogP) is 5.74. The van der Waals surface area contributed by atoms with Gasteiger partial charge in [0.2, 0.25) is 5.95 Å². The largest absolute Gasteiger partial charge is 0.495 e. The quantitative estimate of drug-likeness (QED) is 0.222. The maximum Gasteiger partial charge on any atom is 0.495 e. The number of nitrogens with zero attached hydrogens (tertiary/aromatic N) is 2. The second-order valence-corrected chi connectivity index (χ2v) is 7.60. The lowest BCUT2D eigenvalue weighted by Crippen LogP contribution is -2.26. The van der Waals surface area contributed by atoms with Gasteiger partial charge in [-0.05, 0) is 18.4 Å². The number of carbonyl (C=O) groups excluding carboxylic acids is 2. The van der Waals surface area contributed by atoms with E-state index < -0.39 is 18.1 Å². The molecule has 0 aliphatic heterocycles. The first-order valence-electron chi connectivity index (χ1n) is 11.0. The van der Waals surface area contributed by atoms with Gasteiger partial charge in [-0.25, -0.2) is 29.3 Å². The molecule has 2 aromatic carbocycles. The normalized spacial score (nSPS) is 11.1. The molecule has 0 aliphatic rings. The van der Waals surface area contributed by atoms with E-state index >= 15 is 0 Å². The van der Waals surface area contributed by atoms with Gasteiger partial charge in [0.1, 0.15) is 0 Å². The summed E-state index contributed by atoms with van der Waals surface area (Å²) in [5, 5.41) is 3.20. The Kier molecular flexibility index (Phi) is 9.16. The van der Waals surface area contributed by atoms with Crippen molar-refractivity contribution in [3.05, 3.63) is 66.9 Å². The van der Waals surface area contributed by atoms with E-state index in [9.17, 15) is 22.8 Å². The molecule has 1 aromatic heterocycles. The minimum Gasteiger partial charge on any atom is -0.354 e. The van der Waals surface area contributed by atoms with E-state index in [1.807, 2.05) is 60.7 Å². The van der Waals surface area contributed by atoms with Crippen molar-refractivity contribution in [1.82, 2.24) is 9.97 Å². The smallest absolute Gasteiger partial charge is 0.354 e. The Morgan fingerprint density at radius 2 is 1.46 bits per heavy atom. The van der Waals surface area contributed by atoms with E-state index in [0.29, 0.717) is 25.3 Å². The molecule has 0 saturated heterocycles. The van der Waals surface area contributed by atoms with Crippen LogP contribution in [0.1, 0.15) is 32.1 Å². The van der Waals surface area contributed by atoms with Gasteiger partial charge in [-0.15, -0.1) is 0 Å². The number of hydrogen-bond acceptors (Lipinski definition) is 7. The highest BCUT2D eigenvalue weighted by molar-refractivity contribution is 5.80. The van der Waals surface area contributed by atoms with Crippen molar-refractivity contribution in [3.63, 3.8) is 0 Å². The van der Waals surface area contributed by atoms with Crippen LogP contribution in [0, 0.1) is 0 Å². The minimum absolute atomic E-state index is 0.150. The number of nitrogens with one attached hydrogen (secondary N) is 1. The van der Waals surface area contributed by atoms with Crippen LogP contribution in [-0.2, 0) is 19.4 Å². The molecule has 7 nitrogen and oxygen atoms in total. The summed E-state index contributed by atoms with van der Waals surface area (Å²) in [7, 11) is 0. The molecule has 1 N–H and O–H groups in total. The molecule has 0 unspecified atom stereocenters. The van der Waals surface area contributed by atoms with Crippen molar-refractivity contribution >= 4 is 17.9 Å². The van der Waals surface area contributed by atoms with Crippen LogP contribution in [0.5, 0.6) is 0 Å². The summed E-state index contributed by atoms with van der Waals surface area (Å²) in [6.45, 7) is 0.604. The first-order valence-corrected chi connectivity index (χ1v) is 11.0. The molecule has 0 aliphatic carbocycles. The monoisotopic (exact) mass is 487 g/mol. The summed E-state index contributed by atoms with van der Waals surface area (Å²) in [6, 6.07) is 19.7. The summed E-state index contributed by atoms with van der Waals surface area (Å²) in [5.74, 6) is -3.09. The first kappa shape index (κ1) is 25.7. The number of unbranched alkanes of at least 4 members (excludes halogenated alkanes) is 3. The van der Waals surface area contributed by atoms with E-state index in [-0.39, 0.29) is 6.42 Å². The Hall–Kier alpha value is -3.95. The fraction of sp³-hybridized carbons (Fsp3) is 0.280. The van der Waals surface area contributed by atoms with E-state index in [4.69, 9.17) is 4.98 Å². The third-order valence-electron chi connectivity index (χ3n) is 4.95. The highest BCUT2D eigenvalue weighted by Crippen LogP contribution is 2.30. The van der Waals surface area contributed by atoms with Gasteiger partial charge < -0.3 is 5.32 Å². The SMILES string of the molecule is O=C(CCCCCCNc1ncc(-c2ccccc2)c(-c2ccccc2)n1)OOC(=O)C(F)(F)F. The molecule has 0 bridgehead atoms. The predicted molar refractivity (Wildman–Crippen MR) is 123 cm³/mol. The number of alkyl halides is 3. The Morgan fingerprint density at radius 3 is 2.11 bits per heavy atom. The zero-order valence-electron chi connectivity index (χ0n) is 18.8. The molecule has 35 heavy (non-hydrogen) atoms. The summed E-state index contributed by atoms with van der Waals surface area (Å²) >= 11 is 0. The van der Waals surface area contributed by atoms with Crippen LogP contribution in [0.3, 0.4) is 0 Å². The number of anilines is 1. The van der Waals surface area contributed by atoms with E-state index in [1.54, 1.807) is 6.20 Å². The van der Waals surface area contributed by atoms with Crippen LogP contribution in [0.4, 0.5) is 19.1 Å². The molecule has 0 radical (unpaired) electrons. The van der Waals surface area contributed by atoms with Crippen molar-refractivity contribution in [3.8, 4) is 22.4 Å². The van der Waals surface area contributed by atoms with Gasteiger partial charge in [0, 0.05) is 23.9 Å². The number of hydrogen-bond donors (Lipinski definition) is 1. The van der Waals surface area contributed by atoms with Crippen LogP contribution in [-0.4, -0.2) is 34.6 Å². The second-order valence-electron chi connectivity index (χ2n) is 7.60. The summed E-state index contributed by atoms with van der Waals surface area (Å²) in [4.78, 5) is 38.3. The molecule has 184 valence electrons. The van der Waals surface area contributed by atoms with Crippen molar-refractivity contribution in [1.29, 1.82) is 0 Å². The Balaban J connectivity index is 1.44. The molecule has 1 heterocycles. The minimum atomic E-state index is -5.21. The van der Waals surface area contributed by atoms with Crippen molar-refractivity contribution < 1.29 is 32.5 Å². The van der Waals surface area contributed by atoms with Crippen LogP contribution >= 0.6 is 0 Å². The number of benzene rings is 2. The fourth-order valence-corrected chi connectivity index (χ4v) is 3.23. The maximum atomic E-state index is 12.0. The molecule has 0 fully saturated rings. The van der Waals surface area contributed by atoms with Gasteiger partial charge >= 0.3 is 18.1 Å². The number of carbonyl (C=O) groups is 2. The second kappa shape index (κ2) is 12.5. The Labute approximate surface area is 200 Å². The van der Waals surface area contributed by atoms with Crippen molar-refractivity contribution in [2.75, 3.05) is 11.9 Å². The lowest BCUT2D eigenvalue weighted by molar-refractivity contribution is -0.285. The standard InChI is InChI=1S/C25H24F3N3O4/c26-25(27,28)23(33)35-34-21(32)15-9-1-2-10-16-29-24-30-17-20(18-11-5-3-6-12-18)22(31-24)19-13-7-4-8-14-19/h3-8,11-14,17H,1-2,9-10,15-16H2,(H,29,30,31). The first-order chi connectivity index (χ1) is 16.8.